The Morgan fingerprint density at radius 3 is 2.94 bits per heavy atom. The van der Waals surface area contributed by atoms with Crippen LogP contribution in [0.3, 0.4) is 0 Å². The minimum absolute atomic E-state index is 0.0649. The Hall–Kier alpha value is -1.05. The second kappa shape index (κ2) is 4.86. The van der Waals surface area contributed by atoms with Gasteiger partial charge < -0.3 is 0 Å². The van der Waals surface area contributed by atoms with Crippen molar-refractivity contribution in [3.8, 4) is 0 Å². The van der Waals surface area contributed by atoms with Gasteiger partial charge in [-0.15, -0.1) is 0 Å². The summed E-state index contributed by atoms with van der Waals surface area (Å²) in [5, 5.41) is 0.365. The largest absolute Gasteiger partial charge is 0.275 e. The molecular weight excluding hydrogens is 273 g/mol. The van der Waals surface area contributed by atoms with Gasteiger partial charge in [-0.1, -0.05) is 11.6 Å². The molecule has 84 valence electrons. The van der Waals surface area contributed by atoms with E-state index >= 15 is 0 Å². The molecule has 8 heteroatoms. The Morgan fingerprint density at radius 1 is 1.50 bits per heavy atom. The predicted molar refractivity (Wildman–Crippen MR) is 61.4 cm³/mol. The number of halogens is 2. The number of anilines is 1. The van der Waals surface area contributed by atoms with Crippen LogP contribution >= 0.6 is 23.1 Å². The Morgan fingerprint density at radius 2 is 2.31 bits per heavy atom. The Balaban J connectivity index is 2.18. The Labute approximate surface area is 102 Å². The van der Waals surface area contributed by atoms with Gasteiger partial charge in [0.1, 0.15) is 12.1 Å². The summed E-state index contributed by atoms with van der Waals surface area (Å²) < 4.78 is 31.0. The fourth-order valence-corrected chi connectivity index (χ4v) is 2.60. The number of aromatic nitrogens is 2. The smallest absolute Gasteiger partial charge is 0.214 e. The molecule has 0 fully saturated rings. The maximum Gasteiger partial charge on any atom is 0.214 e. The van der Waals surface area contributed by atoms with Crippen molar-refractivity contribution in [3.63, 3.8) is 0 Å². The predicted octanol–water partition coefficient (Wildman–Crippen LogP) is 2.47. The summed E-state index contributed by atoms with van der Waals surface area (Å²) in [6, 6.07) is 3.86. The molecule has 2 aromatic rings. The molecule has 0 spiro atoms. The number of hydrogen-bond acceptors (Lipinski definition) is 4. The van der Waals surface area contributed by atoms with Crippen LogP contribution in [0, 0.1) is 5.82 Å². The fourth-order valence-electron chi connectivity index (χ4n) is 0.948. The quantitative estimate of drug-likeness (QED) is 0.938. The van der Waals surface area contributed by atoms with Crippen molar-refractivity contribution in [2.45, 2.75) is 4.90 Å². The van der Waals surface area contributed by atoms with Crippen molar-refractivity contribution in [2.24, 2.45) is 0 Å². The average Bonchev–Trinajstić information content (AvgIpc) is 2.74. The number of hydrogen-bond donors (Lipinski definition) is 1. The molecule has 2 rings (SSSR count). The highest BCUT2D eigenvalue weighted by Gasteiger charge is 2.08. The van der Waals surface area contributed by atoms with Gasteiger partial charge in [0.15, 0.2) is 11.0 Å². The van der Waals surface area contributed by atoms with Gasteiger partial charge in [-0.25, -0.2) is 13.6 Å². The van der Waals surface area contributed by atoms with E-state index < -0.39 is 16.8 Å². The molecule has 16 heavy (non-hydrogen) atoms. The van der Waals surface area contributed by atoms with E-state index in [1.54, 1.807) is 0 Å². The van der Waals surface area contributed by atoms with Crippen molar-refractivity contribution in [1.29, 1.82) is 0 Å². The fraction of sp³-hybridized carbons (Fsp3) is 0. The molecule has 0 bridgehead atoms. The van der Waals surface area contributed by atoms with Crippen LogP contribution in [-0.2, 0) is 11.0 Å². The molecule has 1 N–H and O–H groups in total. The van der Waals surface area contributed by atoms with Crippen LogP contribution in [0.5, 0.6) is 0 Å². The summed E-state index contributed by atoms with van der Waals surface area (Å²) in [5.74, 6) is -0.543. The summed E-state index contributed by atoms with van der Waals surface area (Å²) in [7, 11) is -1.52. The van der Waals surface area contributed by atoms with E-state index in [-0.39, 0.29) is 5.02 Å². The van der Waals surface area contributed by atoms with E-state index in [1.165, 1.54) is 18.5 Å². The molecule has 0 saturated carbocycles. The average molecular weight is 278 g/mol. The first-order chi connectivity index (χ1) is 7.66. The van der Waals surface area contributed by atoms with Gasteiger partial charge in [-0.05, 0) is 18.2 Å². The first kappa shape index (κ1) is 11.4. The van der Waals surface area contributed by atoms with Gasteiger partial charge in [0.2, 0.25) is 5.13 Å². The molecule has 4 nitrogen and oxygen atoms in total. The number of nitrogens with one attached hydrogen (secondary N) is 1. The van der Waals surface area contributed by atoms with E-state index in [2.05, 4.69) is 14.1 Å². The minimum Gasteiger partial charge on any atom is -0.275 e. The normalized spacial score (nSPS) is 12.4. The maximum atomic E-state index is 12.9. The van der Waals surface area contributed by atoms with Crippen LogP contribution in [-0.4, -0.2) is 13.6 Å². The molecule has 1 atom stereocenters. The molecule has 1 aromatic carbocycles. The molecule has 1 aromatic heterocycles. The highest BCUT2D eigenvalue weighted by Crippen LogP contribution is 2.19. The lowest BCUT2D eigenvalue weighted by atomic mass is 10.3. The third-order valence-corrected chi connectivity index (χ3v) is 3.71. The van der Waals surface area contributed by atoms with E-state index in [0.717, 1.165) is 17.6 Å². The second-order valence-corrected chi connectivity index (χ2v) is 5.09. The van der Waals surface area contributed by atoms with Gasteiger partial charge in [0, 0.05) is 11.5 Å². The molecule has 1 unspecified atom stereocenters. The van der Waals surface area contributed by atoms with Gasteiger partial charge in [-0.2, -0.15) is 4.37 Å². The minimum atomic E-state index is -1.52. The van der Waals surface area contributed by atoms with Gasteiger partial charge in [0.25, 0.3) is 0 Å². The lowest BCUT2D eigenvalue weighted by molar-refractivity contribution is 0.626. The van der Waals surface area contributed by atoms with Gasteiger partial charge in [0.05, 0.1) is 9.92 Å². The molecule has 0 radical (unpaired) electrons. The zero-order chi connectivity index (χ0) is 11.5. The monoisotopic (exact) mass is 277 g/mol. The maximum absolute atomic E-state index is 12.9. The van der Waals surface area contributed by atoms with Crippen molar-refractivity contribution >= 4 is 39.3 Å². The highest BCUT2D eigenvalue weighted by molar-refractivity contribution is 7.86. The third-order valence-electron chi connectivity index (χ3n) is 1.65. The van der Waals surface area contributed by atoms with Crippen molar-refractivity contribution in [1.82, 2.24) is 9.36 Å². The number of nitrogens with zero attached hydrogens (tertiary/aromatic N) is 2. The Kier molecular flexibility index (Phi) is 3.47. The molecule has 0 saturated heterocycles. The Bertz CT molecular complexity index is 520. The van der Waals surface area contributed by atoms with Gasteiger partial charge in [-0.3, -0.25) is 4.72 Å². The summed E-state index contributed by atoms with van der Waals surface area (Å²) in [5.41, 5.74) is 0. The van der Waals surface area contributed by atoms with E-state index in [4.69, 9.17) is 11.6 Å². The topological polar surface area (TPSA) is 54.9 Å². The van der Waals surface area contributed by atoms with E-state index in [9.17, 15) is 8.60 Å². The zero-order valence-corrected chi connectivity index (χ0v) is 10.1. The summed E-state index contributed by atoms with van der Waals surface area (Å²) >= 11 is 6.66. The van der Waals surface area contributed by atoms with Crippen LogP contribution in [0.25, 0.3) is 0 Å². The van der Waals surface area contributed by atoms with Crippen LogP contribution in [0.15, 0.2) is 29.4 Å². The van der Waals surface area contributed by atoms with E-state index in [1.807, 2.05) is 0 Å². The van der Waals surface area contributed by atoms with Crippen LogP contribution < -0.4 is 4.72 Å². The first-order valence-electron chi connectivity index (χ1n) is 4.07. The second-order valence-electron chi connectivity index (χ2n) is 2.69. The zero-order valence-electron chi connectivity index (χ0n) is 7.68. The first-order valence-corrected chi connectivity index (χ1v) is 6.37. The SMILES string of the molecule is O=S(Nc1ncns1)c1ccc(F)c(Cl)c1. The summed E-state index contributed by atoms with van der Waals surface area (Å²) in [6.45, 7) is 0. The van der Waals surface area contributed by atoms with Crippen LogP contribution in [0.4, 0.5) is 9.52 Å². The number of benzene rings is 1. The van der Waals surface area contributed by atoms with Gasteiger partial charge >= 0.3 is 0 Å². The molecule has 0 amide bonds. The molecule has 0 aliphatic carbocycles. The molecular formula is C8H5ClFN3OS2. The van der Waals surface area contributed by atoms with Crippen molar-refractivity contribution in [2.75, 3.05) is 4.72 Å². The van der Waals surface area contributed by atoms with Crippen molar-refractivity contribution < 1.29 is 8.60 Å². The standard InChI is InChI=1S/C8H5ClFN3OS2/c9-6-3-5(1-2-7(6)10)16(14)13-8-11-4-12-15-8/h1-4H,(H,11,12,13). The van der Waals surface area contributed by atoms with Crippen LogP contribution in [0.2, 0.25) is 5.02 Å². The third kappa shape index (κ3) is 2.55. The summed E-state index contributed by atoms with van der Waals surface area (Å²) in [6.07, 6.45) is 1.35. The lowest BCUT2D eigenvalue weighted by Crippen LogP contribution is -2.04. The lowest BCUT2D eigenvalue weighted by Gasteiger charge is -2.02. The van der Waals surface area contributed by atoms with E-state index in [0.29, 0.717) is 10.0 Å². The highest BCUT2D eigenvalue weighted by atomic mass is 35.5. The molecule has 1 heterocycles. The van der Waals surface area contributed by atoms with Crippen molar-refractivity contribution in [3.05, 3.63) is 35.4 Å². The molecule has 0 aliphatic heterocycles. The van der Waals surface area contributed by atoms with Crippen LogP contribution in [0.1, 0.15) is 0 Å². The summed E-state index contributed by atoms with van der Waals surface area (Å²) in [4.78, 5) is 4.19. The molecule has 0 aliphatic rings. The number of rotatable bonds is 3.